The van der Waals surface area contributed by atoms with Crippen molar-refractivity contribution in [2.24, 2.45) is 0 Å². The highest BCUT2D eigenvalue weighted by atomic mass is 79.9. The van der Waals surface area contributed by atoms with Crippen LogP contribution >= 0.6 is 27.7 Å². The lowest BCUT2D eigenvalue weighted by Gasteiger charge is -2.07. The molecule has 2 heterocycles. The summed E-state index contributed by atoms with van der Waals surface area (Å²) in [5, 5.41) is 0.873. The zero-order chi connectivity index (χ0) is 13.2. The number of nitrogens with two attached hydrogens (primary N) is 1. The Balaban J connectivity index is 1.88. The van der Waals surface area contributed by atoms with Crippen LogP contribution in [-0.2, 0) is 5.75 Å². The Hall–Kier alpha value is -1.60. The van der Waals surface area contributed by atoms with Gasteiger partial charge in [0.15, 0.2) is 5.65 Å². The molecule has 3 rings (SSSR count). The predicted molar refractivity (Wildman–Crippen MR) is 79.8 cm³/mol. The first-order valence-corrected chi connectivity index (χ1v) is 7.33. The monoisotopic (exact) mass is 335 g/mol. The van der Waals surface area contributed by atoms with Crippen LogP contribution in [0.25, 0.3) is 11.2 Å². The summed E-state index contributed by atoms with van der Waals surface area (Å²) in [4.78, 5) is 15.5. The maximum absolute atomic E-state index is 5.98. The number of imidazole rings is 1. The number of anilines is 1. The van der Waals surface area contributed by atoms with E-state index in [1.807, 2.05) is 18.2 Å². The number of aromatic nitrogens is 4. The number of rotatable bonds is 3. The average Bonchev–Trinajstić information content (AvgIpc) is 2.87. The number of nitrogens with zero attached hydrogens (tertiary/aromatic N) is 3. The zero-order valence-electron chi connectivity index (χ0n) is 9.80. The molecule has 0 aliphatic rings. The Morgan fingerprint density at radius 2 is 2.16 bits per heavy atom. The van der Waals surface area contributed by atoms with E-state index in [4.69, 9.17) is 5.73 Å². The number of hydrogen-bond donors (Lipinski definition) is 2. The smallest absolute Gasteiger partial charge is 0.181 e. The highest BCUT2D eigenvalue weighted by molar-refractivity contribution is 9.10. The Kier molecular flexibility index (Phi) is 3.39. The molecule has 0 spiro atoms. The molecule has 3 N–H and O–H groups in total. The lowest BCUT2D eigenvalue weighted by molar-refractivity contribution is 1.08. The molecule has 0 aliphatic carbocycles. The van der Waals surface area contributed by atoms with E-state index in [2.05, 4.69) is 35.9 Å². The maximum atomic E-state index is 5.98. The van der Waals surface area contributed by atoms with Crippen LogP contribution in [0.5, 0.6) is 0 Å². The summed E-state index contributed by atoms with van der Waals surface area (Å²) in [5.41, 5.74) is 9.36. The van der Waals surface area contributed by atoms with Crippen molar-refractivity contribution in [3.05, 3.63) is 40.9 Å². The third-order valence-corrected chi connectivity index (χ3v) is 4.46. The second kappa shape index (κ2) is 5.18. The molecule has 1 aromatic carbocycles. The average molecular weight is 336 g/mol. The molecular formula is C12H10BrN5S. The number of aromatic amines is 1. The molecule has 2 aromatic heterocycles. The molecular weight excluding hydrogens is 326 g/mol. The fourth-order valence-electron chi connectivity index (χ4n) is 1.72. The van der Waals surface area contributed by atoms with Gasteiger partial charge in [0, 0.05) is 15.9 Å². The third kappa shape index (κ3) is 2.43. The lowest BCUT2D eigenvalue weighted by Crippen LogP contribution is -1.94. The third-order valence-electron chi connectivity index (χ3n) is 2.70. The van der Waals surface area contributed by atoms with Crippen LogP contribution in [0.3, 0.4) is 0 Å². The van der Waals surface area contributed by atoms with Gasteiger partial charge < -0.3 is 10.7 Å². The largest absolute Gasteiger partial charge is 0.398 e. The minimum Gasteiger partial charge on any atom is -0.398 e. The highest BCUT2D eigenvalue weighted by Crippen LogP contribution is 2.31. The van der Waals surface area contributed by atoms with Crippen molar-refractivity contribution in [2.45, 2.75) is 10.8 Å². The van der Waals surface area contributed by atoms with Crippen molar-refractivity contribution < 1.29 is 0 Å². The van der Waals surface area contributed by atoms with E-state index >= 15 is 0 Å². The SMILES string of the molecule is Nc1cccc(Br)c1CSc1ncnc2nc[nH]c12. The van der Waals surface area contributed by atoms with Crippen molar-refractivity contribution in [3.63, 3.8) is 0 Å². The minimum absolute atomic E-state index is 0.678. The van der Waals surface area contributed by atoms with Crippen LogP contribution in [-0.4, -0.2) is 19.9 Å². The summed E-state index contributed by atoms with van der Waals surface area (Å²) in [6.07, 6.45) is 3.14. The Morgan fingerprint density at radius 3 is 3.00 bits per heavy atom. The summed E-state index contributed by atoms with van der Waals surface area (Å²) < 4.78 is 1.01. The number of H-pyrrole nitrogens is 1. The molecule has 96 valence electrons. The van der Waals surface area contributed by atoms with Gasteiger partial charge in [-0.25, -0.2) is 15.0 Å². The molecule has 5 nitrogen and oxygen atoms in total. The number of benzene rings is 1. The van der Waals surface area contributed by atoms with Gasteiger partial charge in [0.1, 0.15) is 16.9 Å². The predicted octanol–water partition coefficient (Wildman–Crippen LogP) is 2.99. The molecule has 0 aliphatic heterocycles. The summed E-state index contributed by atoms with van der Waals surface area (Å²) >= 11 is 5.12. The van der Waals surface area contributed by atoms with E-state index in [-0.39, 0.29) is 0 Å². The molecule has 0 unspecified atom stereocenters. The van der Waals surface area contributed by atoms with Gasteiger partial charge in [-0.15, -0.1) is 0 Å². The van der Waals surface area contributed by atoms with Gasteiger partial charge in [-0.1, -0.05) is 33.8 Å². The van der Waals surface area contributed by atoms with Crippen LogP contribution in [0.2, 0.25) is 0 Å². The first-order valence-electron chi connectivity index (χ1n) is 5.55. The van der Waals surface area contributed by atoms with Crippen LogP contribution in [0.15, 0.2) is 40.4 Å². The summed E-state index contributed by atoms with van der Waals surface area (Å²) in [6.45, 7) is 0. The van der Waals surface area contributed by atoms with Crippen molar-refractivity contribution in [3.8, 4) is 0 Å². The van der Waals surface area contributed by atoms with Gasteiger partial charge in [0.2, 0.25) is 0 Å². The maximum Gasteiger partial charge on any atom is 0.181 e. The fourth-order valence-corrected chi connectivity index (χ4v) is 3.45. The first-order chi connectivity index (χ1) is 9.25. The van der Waals surface area contributed by atoms with E-state index in [0.717, 1.165) is 32.0 Å². The molecule has 0 saturated carbocycles. The number of halogens is 1. The number of thioether (sulfide) groups is 1. The number of hydrogen-bond acceptors (Lipinski definition) is 5. The number of nitrogens with one attached hydrogen (secondary N) is 1. The van der Waals surface area contributed by atoms with Gasteiger partial charge in [-0.2, -0.15) is 0 Å². The van der Waals surface area contributed by atoms with Crippen LogP contribution < -0.4 is 5.73 Å². The molecule has 7 heteroatoms. The molecule has 0 atom stereocenters. The molecule has 19 heavy (non-hydrogen) atoms. The Labute approximate surface area is 122 Å². The van der Waals surface area contributed by atoms with Crippen molar-refractivity contribution in [1.82, 2.24) is 19.9 Å². The fraction of sp³-hybridized carbons (Fsp3) is 0.0833. The van der Waals surface area contributed by atoms with E-state index in [0.29, 0.717) is 5.65 Å². The molecule has 0 radical (unpaired) electrons. The summed E-state index contributed by atoms with van der Waals surface area (Å²) in [7, 11) is 0. The molecule has 0 bridgehead atoms. The van der Waals surface area contributed by atoms with Crippen LogP contribution in [0, 0.1) is 0 Å². The van der Waals surface area contributed by atoms with Gasteiger partial charge in [0.05, 0.1) is 6.33 Å². The van der Waals surface area contributed by atoms with E-state index in [1.165, 1.54) is 6.33 Å². The van der Waals surface area contributed by atoms with Gasteiger partial charge in [0.25, 0.3) is 0 Å². The highest BCUT2D eigenvalue weighted by Gasteiger charge is 2.09. The van der Waals surface area contributed by atoms with E-state index in [9.17, 15) is 0 Å². The molecule has 0 amide bonds. The molecule has 0 saturated heterocycles. The van der Waals surface area contributed by atoms with Crippen molar-refractivity contribution in [2.75, 3.05) is 5.73 Å². The number of nitrogen functional groups attached to an aromatic ring is 1. The van der Waals surface area contributed by atoms with Crippen molar-refractivity contribution >= 4 is 44.5 Å². The topological polar surface area (TPSA) is 80.5 Å². The van der Waals surface area contributed by atoms with Gasteiger partial charge >= 0.3 is 0 Å². The van der Waals surface area contributed by atoms with E-state index < -0.39 is 0 Å². The molecule has 3 aromatic rings. The Morgan fingerprint density at radius 1 is 1.26 bits per heavy atom. The summed E-state index contributed by atoms with van der Waals surface area (Å²) in [5.74, 6) is 0.735. The first kappa shape index (κ1) is 12.4. The van der Waals surface area contributed by atoms with Crippen LogP contribution in [0.4, 0.5) is 5.69 Å². The second-order valence-corrected chi connectivity index (χ2v) is 5.69. The summed E-state index contributed by atoms with van der Waals surface area (Å²) in [6, 6.07) is 5.80. The normalized spacial score (nSPS) is 11.0. The second-order valence-electron chi connectivity index (χ2n) is 3.88. The lowest BCUT2D eigenvalue weighted by atomic mass is 10.2. The minimum atomic E-state index is 0.678. The van der Waals surface area contributed by atoms with Crippen molar-refractivity contribution in [1.29, 1.82) is 0 Å². The van der Waals surface area contributed by atoms with Crippen LogP contribution in [0.1, 0.15) is 5.56 Å². The standard InChI is InChI=1S/C12H10BrN5S/c13-8-2-1-3-9(14)7(8)4-19-12-10-11(16-5-15-10)17-6-18-12/h1-3,5-6H,4,14H2,(H,15,16,17,18). The van der Waals surface area contributed by atoms with E-state index in [1.54, 1.807) is 18.1 Å². The molecule has 0 fully saturated rings. The Bertz CT molecular complexity index is 707. The zero-order valence-corrected chi connectivity index (χ0v) is 12.2. The van der Waals surface area contributed by atoms with Gasteiger partial charge in [-0.3, -0.25) is 0 Å². The quantitative estimate of drug-likeness (QED) is 0.437. The van der Waals surface area contributed by atoms with Gasteiger partial charge in [-0.05, 0) is 17.7 Å². The number of fused-ring (bicyclic) bond motifs is 1.